The average molecular weight is 453 g/mol. The molecule has 0 radical (unpaired) electrons. The molecule has 1 aliphatic carbocycles. The third kappa shape index (κ3) is 5.17. The summed E-state index contributed by atoms with van der Waals surface area (Å²) in [7, 11) is 3.90. The number of halogens is 1. The number of carbonyl (C=O) groups excluding carboxylic acids is 1. The van der Waals surface area contributed by atoms with E-state index < -0.39 is 5.82 Å². The Kier molecular flexibility index (Phi) is 6.65. The molecule has 7 nitrogen and oxygen atoms in total. The molecule has 0 unspecified atom stereocenters. The Hall–Kier alpha value is -3.39. The Morgan fingerprint density at radius 3 is 2.85 bits per heavy atom. The molecule has 1 heterocycles. The number of rotatable bonds is 8. The van der Waals surface area contributed by atoms with Gasteiger partial charge in [-0.1, -0.05) is 13.0 Å². The monoisotopic (exact) mass is 452 g/mol. The van der Waals surface area contributed by atoms with E-state index in [4.69, 9.17) is 4.74 Å². The zero-order valence-electron chi connectivity index (χ0n) is 19.1. The topological polar surface area (TPSA) is 90.5 Å². The summed E-state index contributed by atoms with van der Waals surface area (Å²) in [4.78, 5) is 14.0. The molecule has 1 aromatic heterocycles. The van der Waals surface area contributed by atoms with Crippen LogP contribution in [0.2, 0.25) is 0 Å². The van der Waals surface area contributed by atoms with Crippen LogP contribution in [-0.2, 0) is 11.2 Å². The molecule has 8 heteroatoms. The number of nitrogens with zero attached hydrogens (tertiary/aromatic N) is 2. The quantitative estimate of drug-likeness (QED) is 0.453. The Labute approximate surface area is 192 Å². The second-order valence-electron chi connectivity index (χ2n) is 8.70. The molecule has 3 N–H and O–H groups in total. The number of likely N-dealkylation sites (N-methyl/N-ethyl adjacent to an activating group) is 1. The van der Waals surface area contributed by atoms with Crippen LogP contribution in [0.3, 0.4) is 0 Å². The normalized spacial score (nSPS) is 18.1. The van der Waals surface area contributed by atoms with E-state index >= 15 is 0 Å². The van der Waals surface area contributed by atoms with Crippen LogP contribution in [0.15, 0.2) is 42.6 Å². The van der Waals surface area contributed by atoms with Crippen LogP contribution in [0.5, 0.6) is 11.5 Å². The second kappa shape index (κ2) is 9.62. The van der Waals surface area contributed by atoms with Crippen molar-refractivity contribution in [2.45, 2.75) is 38.3 Å². The molecular formula is C25H29FN4O3. The number of aromatic amines is 1. The van der Waals surface area contributed by atoms with Crippen LogP contribution < -0.4 is 10.1 Å². The molecule has 1 saturated carbocycles. The lowest BCUT2D eigenvalue weighted by Crippen LogP contribution is -2.48. The zero-order chi connectivity index (χ0) is 23.5. The molecule has 0 saturated heterocycles. The number of carbonyl (C=O) groups is 1. The number of aromatic hydroxyl groups is 1. The highest BCUT2D eigenvalue weighted by atomic mass is 19.1. The molecule has 174 valence electrons. The Bertz CT molecular complexity index is 1180. The summed E-state index contributed by atoms with van der Waals surface area (Å²) < 4.78 is 20.4. The molecule has 0 aliphatic heterocycles. The molecule has 1 aliphatic rings. The number of phenolic OH excluding ortho intramolecular Hbond substituents is 1. The van der Waals surface area contributed by atoms with E-state index in [0.717, 1.165) is 22.0 Å². The zero-order valence-corrected chi connectivity index (χ0v) is 19.1. The molecule has 0 bridgehead atoms. The minimum absolute atomic E-state index is 0.0309. The molecule has 0 atom stereocenters. The first-order valence-electron chi connectivity index (χ1n) is 11.1. The predicted octanol–water partition coefficient (Wildman–Crippen LogP) is 3.78. The van der Waals surface area contributed by atoms with Crippen LogP contribution in [0, 0.1) is 5.82 Å². The van der Waals surface area contributed by atoms with Gasteiger partial charge in [0.05, 0.1) is 17.1 Å². The minimum atomic E-state index is -0.661. The van der Waals surface area contributed by atoms with E-state index in [2.05, 4.69) is 15.5 Å². The highest BCUT2D eigenvalue weighted by molar-refractivity contribution is 5.90. The van der Waals surface area contributed by atoms with Crippen molar-refractivity contribution in [1.82, 2.24) is 20.4 Å². The number of hydrogen-bond donors (Lipinski definition) is 3. The number of benzene rings is 2. The van der Waals surface area contributed by atoms with Gasteiger partial charge in [0.1, 0.15) is 11.9 Å². The number of nitrogens with one attached hydrogen (secondary N) is 2. The first-order chi connectivity index (χ1) is 15.8. The van der Waals surface area contributed by atoms with Crippen LogP contribution >= 0.6 is 0 Å². The molecule has 33 heavy (non-hydrogen) atoms. The van der Waals surface area contributed by atoms with E-state index in [9.17, 15) is 14.3 Å². The van der Waals surface area contributed by atoms with Crippen molar-refractivity contribution < 1.29 is 19.0 Å². The fourth-order valence-corrected chi connectivity index (χ4v) is 4.02. The van der Waals surface area contributed by atoms with Gasteiger partial charge in [0.15, 0.2) is 11.6 Å². The van der Waals surface area contributed by atoms with Crippen LogP contribution in [-0.4, -0.2) is 58.9 Å². The van der Waals surface area contributed by atoms with Gasteiger partial charge in [0.25, 0.3) is 0 Å². The van der Waals surface area contributed by atoms with Gasteiger partial charge in [-0.3, -0.25) is 9.89 Å². The molecule has 4 rings (SSSR count). The number of amides is 1. The summed E-state index contributed by atoms with van der Waals surface area (Å²) >= 11 is 0. The lowest BCUT2D eigenvalue weighted by atomic mass is 9.89. The van der Waals surface area contributed by atoms with Crippen molar-refractivity contribution >= 4 is 16.8 Å². The third-order valence-electron chi connectivity index (χ3n) is 5.86. The van der Waals surface area contributed by atoms with Gasteiger partial charge < -0.3 is 20.1 Å². The van der Waals surface area contributed by atoms with Gasteiger partial charge in [0, 0.05) is 31.5 Å². The number of hydrogen-bond acceptors (Lipinski definition) is 5. The van der Waals surface area contributed by atoms with Crippen molar-refractivity contribution in [1.29, 1.82) is 0 Å². The highest BCUT2D eigenvalue weighted by Gasteiger charge is 2.32. The lowest BCUT2D eigenvalue weighted by molar-refractivity contribution is -0.118. The van der Waals surface area contributed by atoms with Crippen LogP contribution in [0.4, 0.5) is 4.39 Å². The van der Waals surface area contributed by atoms with Crippen LogP contribution in [0.25, 0.3) is 22.0 Å². The first-order valence-corrected chi connectivity index (χ1v) is 11.1. The maximum atomic E-state index is 14.1. The average Bonchev–Trinajstić information content (AvgIpc) is 3.22. The standard InChI is InChI=1S/C25H29FN4O3/c1-4-15-9-23(31)21(26)13-19(15)16-8-22-20(14-27-29-22)24(10-16)33-18-11-17(12-18)28-25(32)6-5-7-30(2)3/h5-6,8-10,13-14,17-18,31H,4,7,11-12H2,1-3H3,(H,27,29)(H,28,32)/b6-5+. The van der Waals surface area contributed by atoms with Gasteiger partial charge in [-0.25, -0.2) is 4.39 Å². The Morgan fingerprint density at radius 2 is 2.12 bits per heavy atom. The van der Waals surface area contributed by atoms with E-state index in [1.807, 2.05) is 44.1 Å². The van der Waals surface area contributed by atoms with E-state index in [1.54, 1.807) is 12.3 Å². The predicted molar refractivity (Wildman–Crippen MR) is 126 cm³/mol. The van der Waals surface area contributed by atoms with Gasteiger partial charge in [-0.2, -0.15) is 5.10 Å². The molecule has 3 aromatic rings. The number of aryl methyl sites for hydroxylation is 1. The summed E-state index contributed by atoms with van der Waals surface area (Å²) in [5.74, 6) is -0.450. The third-order valence-corrected chi connectivity index (χ3v) is 5.86. The fraction of sp³-hybridized carbons (Fsp3) is 0.360. The number of phenols is 1. The summed E-state index contributed by atoms with van der Waals surface area (Å²) in [6.07, 6.45) is 7.15. The number of ether oxygens (including phenoxy) is 1. The van der Waals surface area contributed by atoms with Crippen molar-refractivity contribution in [3.05, 3.63) is 54.0 Å². The Balaban J connectivity index is 1.48. The van der Waals surface area contributed by atoms with Gasteiger partial charge >= 0.3 is 0 Å². The minimum Gasteiger partial charge on any atom is -0.505 e. The molecule has 2 aromatic carbocycles. The summed E-state index contributed by atoms with van der Waals surface area (Å²) in [6, 6.07) is 6.69. The smallest absolute Gasteiger partial charge is 0.243 e. The van der Waals surface area contributed by atoms with Gasteiger partial charge in [-0.15, -0.1) is 0 Å². The molecule has 1 fully saturated rings. The summed E-state index contributed by atoms with van der Waals surface area (Å²) in [5.41, 5.74) is 3.12. The lowest BCUT2D eigenvalue weighted by Gasteiger charge is -2.35. The fourth-order valence-electron chi connectivity index (χ4n) is 4.02. The maximum Gasteiger partial charge on any atom is 0.243 e. The van der Waals surface area contributed by atoms with Crippen molar-refractivity contribution in [3.63, 3.8) is 0 Å². The largest absolute Gasteiger partial charge is 0.505 e. The van der Waals surface area contributed by atoms with E-state index in [0.29, 0.717) is 37.1 Å². The van der Waals surface area contributed by atoms with Gasteiger partial charge in [-0.05, 0) is 61.5 Å². The first kappa shape index (κ1) is 22.8. The Morgan fingerprint density at radius 1 is 1.33 bits per heavy atom. The highest BCUT2D eigenvalue weighted by Crippen LogP contribution is 2.37. The molecule has 1 amide bonds. The van der Waals surface area contributed by atoms with Gasteiger partial charge in [0.2, 0.25) is 5.91 Å². The maximum absolute atomic E-state index is 14.1. The second-order valence-corrected chi connectivity index (χ2v) is 8.70. The van der Waals surface area contributed by atoms with Crippen molar-refractivity contribution in [2.75, 3.05) is 20.6 Å². The van der Waals surface area contributed by atoms with E-state index in [-0.39, 0.29) is 23.8 Å². The summed E-state index contributed by atoms with van der Waals surface area (Å²) in [6.45, 7) is 2.67. The SMILES string of the molecule is CCc1cc(O)c(F)cc1-c1cc(OC2CC(NC(=O)/C=C/CN(C)C)C2)c2cn[nH]c2c1. The van der Waals surface area contributed by atoms with Crippen LogP contribution in [0.1, 0.15) is 25.3 Å². The molecular weight excluding hydrogens is 423 g/mol. The van der Waals surface area contributed by atoms with E-state index in [1.165, 1.54) is 12.1 Å². The number of fused-ring (bicyclic) bond motifs is 1. The van der Waals surface area contributed by atoms with Crippen molar-refractivity contribution in [2.24, 2.45) is 0 Å². The van der Waals surface area contributed by atoms with Crippen molar-refractivity contribution in [3.8, 4) is 22.6 Å². The number of aromatic nitrogens is 2. The summed E-state index contributed by atoms with van der Waals surface area (Å²) in [5, 5.41) is 20.7. The number of H-pyrrole nitrogens is 1. The molecule has 0 spiro atoms.